The molecule has 2 aromatic heterocycles. The molecule has 0 unspecified atom stereocenters. The SMILES string of the molecule is c1cncc(-c2cnc(-c3cc4ccc5cccc6c7cccc8ccc9cccc(c(c3)c4c56)c9c87)nc2)c1. The van der Waals surface area contributed by atoms with Crippen molar-refractivity contribution in [1.82, 2.24) is 15.0 Å². The molecule has 3 heteroatoms. The van der Waals surface area contributed by atoms with E-state index >= 15 is 0 Å². The quantitative estimate of drug-likeness (QED) is 0.219. The lowest BCUT2D eigenvalue weighted by molar-refractivity contribution is 1.18. The molecule has 184 valence electrons. The summed E-state index contributed by atoms with van der Waals surface area (Å²) in [6.45, 7) is 0. The standard InChI is InChI=1S/C37H21N3/c1-5-22-12-13-23-7-3-11-31-32-18-27(37-39-20-28(21-40-37)26-8-4-16-38-19-26)17-25-15-14-24-6-2-10-30(34(24)36(25)32)29(9-1)33(22)35(23)31/h1-21H. The molecule has 0 saturated carbocycles. The Kier molecular flexibility index (Phi) is 4.33. The Morgan fingerprint density at radius 1 is 0.375 bits per heavy atom. The van der Waals surface area contributed by atoms with Crippen LogP contribution in [-0.2, 0) is 0 Å². The molecule has 9 rings (SSSR count). The summed E-state index contributed by atoms with van der Waals surface area (Å²) in [5, 5.41) is 15.2. The number of hydrogen-bond donors (Lipinski definition) is 0. The first-order valence-electron chi connectivity index (χ1n) is 13.5. The third-order valence-electron chi connectivity index (χ3n) is 8.33. The lowest BCUT2D eigenvalue weighted by atomic mass is 9.87. The summed E-state index contributed by atoms with van der Waals surface area (Å²) in [5.41, 5.74) is 2.97. The number of benzene rings is 6. The fourth-order valence-electron chi connectivity index (χ4n) is 6.57. The molecule has 0 aliphatic carbocycles. The number of fused-ring (bicyclic) bond motifs is 2. The second-order valence-electron chi connectivity index (χ2n) is 10.5. The molecule has 0 fully saturated rings. The van der Waals surface area contributed by atoms with E-state index in [1.54, 1.807) is 6.20 Å². The van der Waals surface area contributed by atoms with E-state index in [1.807, 2.05) is 30.7 Å². The highest BCUT2D eigenvalue weighted by Crippen LogP contribution is 2.44. The number of aromatic nitrogens is 3. The first kappa shape index (κ1) is 21.5. The van der Waals surface area contributed by atoms with Crippen LogP contribution in [0.4, 0.5) is 0 Å². The van der Waals surface area contributed by atoms with Crippen molar-refractivity contribution >= 4 is 64.6 Å². The van der Waals surface area contributed by atoms with Crippen LogP contribution < -0.4 is 0 Å². The van der Waals surface area contributed by atoms with Crippen molar-refractivity contribution in [1.29, 1.82) is 0 Å². The molecule has 0 amide bonds. The molecule has 0 N–H and O–H groups in total. The fourth-order valence-corrected chi connectivity index (χ4v) is 6.57. The van der Waals surface area contributed by atoms with Gasteiger partial charge in [0.25, 0.3) is 0 Å². The van der Waals surface area contributed by atoms with E-state index in [2.05, 4.69) is 96.0 Å². The first-order valence-corrected chi connectivity index (χ1v) is 13.5. The lowest BCUT2D eigenvalue weighted by Gasteiger charge is -2.16. The molecule has 0 aliphatic rings. The molecule has 0 bridgehead atoms. The van der Waals surface area contributed by atoms with Crippen LogP contribution in [0.25, 0.3) is 87.1 Å². The zero-order valence-electron chi connectivity index (χ0n) is 21.5. The molecule has 0 saturated heterocycles. The van der Waals surface area contributed by atoms with Crippen molar-refractivity contribution in [3.63, 3.8) is 0 Å². The molecule has 0 spiro atoms. The minimum Gasteiger partial charge on any atom is -0.264 e. The van der Waals surface area contributed by atoms with E-state index in [-0.39, 0.29) is 0 Å². The van der Waals surface area contributed by atoms with Crippen LogP contribution in [-0.4, -0.2) is 15.0 Å². The van der Waals surface area contributed by atoms with Gasteiger partial charge in [0.1, 0.15) is 0 Å². The number of nitrogens with zero attached hydrogens (tertiary/aromatic N) is 3. The highest BCUT2D eigenvalue weighted by Gasteiger charge is 2.16. The third-order valence-corrected chi connectivity index (χ3v) is 8.33. The van der Waals surface area contributed by atoms with Gasteiger partial charge in [-0.1, -0.05) is 84.9 Å². The second-order valence-corrected chi connectivity index (χ2v) is 10.5. The Hall–Kier alpha value is -5.41. The van der Waals surface area contributed by atoms with E-state index in [1.165, 1.54) is 64.6 Å². The Bertz CT molecular complexity index is 2400. The molecule has 7 aromatic carbocycles. The van der Waals surface area contributed by atoms with E-state index in [9.17, 15) is 0 Å². The van der Waals surface area contributed by atoms with Crippen molar-refractivity contribution in [3.05, 3.63) is 128 Å². The number of rotatable bonds is 2. The van der Waals surface area contributed by atoms with E-state index in [4.69, 9.17) is 9.97 Å². The van der Waals surface area contributed by atoms with Crippen LogP contribution >= 0.6 is 0 Å². The van der Waals surface area contributed by atoms with Gasteiger partial charge < -0.3 is 0 Å². The van der Waals surface area contributed by atoms with Gasteiger partial charge in [0.15, 0.2) is 5.82 Å². The smallest absolute Gasteiger partial charge is 0.159 e. The van der Waals surface area contributed by atoms with Crippen LogP contribution in [0.5, 0.6) is 0 Å². The van der Waals surface area contributed by atoms with Crippen molar-refractivity contribution in [3.8, 4) is 22.5 Å². The Morgan fingerprint density at radius 2 is 0.925 bits per heavy atom. The van der Waals surface area contributed by atoms with Crippen LogP contribution in [0.15, 0.2) is 128 Å². The molecule has 0 aliphatic heterocycles. The maximum absolute atomic E-state index is 4.81. The van der Waals surface area contributed by atoms with Crippen LogP contribution in [0.1, 0.15) is 0 Å². The van der Waals surface area contributed by atoms with Gasteiger partial charge in [0.2, 0.25) is 0 Å². The van der Waals surface area contributed by atoms with Gasteiger partial charge in [-0.25, -0.2) is 9.97 Å². The van der Waals surface area contributed by atoms with Crippen LogP contribution in [0, 0.1) is 0 Å². The number of pyridine rings is 1. The summed E-state index contributed by atoms with van der Waals surface area (Å²) in [6, 6.07) is 37.5. The molecular formula is C37H21N3. The fraction of sp³-hybridized carbons (Fsp3) is 0. The minimum absolute atomic E-state index is 0.715. The summed E-state index contributed by atoms with van der Waals surface area (Å²) < 4.78 is 0. The molecule has 3 nitrogen and oxygen atoms in total. The van der Waals surface area contributed by atoms with Gasteiger partial charge in [-0.3, -0.25) is 4.98 Å². The molecule has 0 atom stereocenters. The van der Waals surface area contributed by atoms with Gasteiger partial charge in [0, 0.05) is 41.5 Å². The van der Waals surface area contributed by atoms with Crippen molar-refractivity contribution < 1.29 is 0 Å². The van der Waals surface area contributed by atoms with E-state index in [0.717, 1.165) is 16.7 Å². The van der Waals surface area contributed by atoms with Crippen LogP contribution in [0.2, 0.25) is 0 Å². The van der Waals surface area contributed by atoms with Gasteiger partial charge in [-0.05, 0) is 82.8 Å². The molecule has 9 aromatic rings. The molecule has 2 heterocycles. The maximum atomic E-state index is 4.81. The van der Waals surface area contributed by atoms with Crippen LogP contribution in [0.3, 0.4) is 0 Å². The Morgan fingerprint density at radius 3 is 1.50 bits per heavy atom. The summed E-state index contributed by atoms with van der Waals surface area (Å²) in [5.74, 6) is 0.715. The highest BCUT2D eigenvalue weighted by molar-refractivity contribution is 6.37. The topological polar surface area (TPSA) is 38.7 Å². The summed E-state index contributed by atoms with van der Waals surface area (Å²) in [4.78, 5) is 13.9. The Labute approximate surface area is 229 Å². The van der Waals surface area contributed by atoms with Gasteiger partial charge in [-0.2, -0.15) is 0 Å². The van der Waals surface area contributed by atoms with E-state index in [0.29, 0.717) is 5.82 Å². The maximum Gasteiger partial charge on any atom is 0.159 e. The summed E-state index contributed by atoms with van der Waals surface area (Å²) >= 11 is 0. The average Bonchev–Trinajstić information content (AvgIpc) is 3.03. The zero-order valence-corrected chi connectivity index (χ0v) is 21.5. The zero-order chi connectivity index (χ0) is 26.2. The largest absolute Gasteiger partial charge is 0.264 e. The van der Waals surface area contributed by atoms with Crippen molar-refractivity contribution in [2.24, 2.45) is 0 Å². The Balaban J connectivity index is 1.46. The van der Waals surface area contributed by atoms with Gasteiger partial charge in [-0.15, -0.1) is 0 Å². The predicted octanol–water partition coefficient (Wildman–Crippen LogP) is 9.56. The first-order chi connectivity index (χ1) is 19.8. The molecule has 40 heavy (non-hydrogen) atoms. The minimum atomic E-state index is 0.715. The average molecular weight is 508 g/mol. The van der Waals surface area contributed by atoms with Gasteiger partial charge in [0.05, 0.1) is 0 Å². The number of hydrogen-bond acceptors (Lipinski definition) is 3. The van der Waals surface area contributed by atoms with E-state index < -0.39 is 0 Å². The van der Waals surface area contributed by atoms with Gasteiger partial charge >= 0.3 is 0 Å². The molecular weight excluding hydrogens is 486 g/mol. The van der Waals surface area contributed by atoms with Crippen molar-refractivity contribution in [2.45, 2.75) is 0 Å². The second kappa shape index (κ2) is 8.05. The predicted molar refractivity (Wildman–Crippen MR) is 167 cm³/mol. The lowest BCUT2D eigenvalue weighted by Crippen LogP contribution is -1.92. The highest BCUT2D eigenvalue weighted by atomic mass is 14.9. The summed E-state index contributed by atoms with van der Waals surface area (Å²) in [6.07, 6.45) is 7.40. The normalized spacial score (nSPS) is 12.0. The van der Waals surface area contributed by atoms with Crippen molar-refractivity contribution in [2.75, 3.05) is 0 Å². The third kappa shape index (κ3) is 2.97. The summed E-state index contributed by atoms with van der Waals surface area (Å²) in [7, 11) is 0. The monoisotopic (exact) mass is 507 g/mol. The molecule has 0 radical (unpaired) electrons.